The maximum absolute atomic E-state index is 13.4. The standard InChI is InChI=1S/C33H23N5O6/c1-18-34-31(36-43-18)22-4-3-5-25(14-22)42-26-10-11-27-28(33(40)41)16-30(39)38(29(27)15-26)17-20-6-7-21-8-9-23(13-24(21)12-20)32-35-19(2)44-37-32/h3-16H,17H2,1-2H3,(H,40,41). The number of aromatic carboxylic acids is 1. The largest absolute Gasteiger partial charge is 0.478 e. The lowest BCUT2D eigenvalue weighted by molar-refractivity contribution is 0.0698. The number of carbonyl (C=O) groups is 1. The molecule has 1 N–H and O–H groups in total. The van der Waals surface area contributed by atoms with Crippen LogP contribution in [0.15, 0.2) is 98.8 Å². The minimum absolute atomic E-state index is 0.0826. The van der Waals surface area contributed by atoms with Gasteiger partial charge in [-0.2, -0.15) is 9.97 Å². The fourth-order valence-electron chi connectivity index (χ4n) is 5.15. The monoisotopic (exact) mass is 585 g/mol. The molecule has 0 unspecified atom stereocenters. The lowest BCUT2D eigenvalue weighted by atomic mass is 10.0. The van der Waals surface area contributed by atoms with Gasteiger partial charge in [0, 0.05) is 42.5 Å². The Kier molecular flexibility index (Phi) is 6.47. The van der Waals surface area contributed by atoms with Gasteiger partial charge in [-0.1, -0.05) is 46.7 Å². The van der Waals surface area contributed by atoms with Crippen molar-refractivity contribution in [2.24, 2.45) is 0 Å². The van der Waals surface area contributed by atoms with E-state index in [4.69, 9.17) is 13.8 Å². The molecule has 7 rings (SSSR count). The van der Waals surface area contributed by atoms with E-state index in [0.29, 0.717) is 51.4 Å². The van der Waals surface area contributed by atoms with E-state index >= 15 is 0 Å². The normalized spacial score (nSPS) is 11.3. The van der Waals surface area contributed by atoms with Crippen LogP contribution in [0, 0.1) is 13.8 Å². The van der Waals surface area contributed by atoms with Crippen LogP contribution in [0.25, 0.3) is 44.5 Å². The number of aromatic nitrogens is 5. The summed E-state index contributed by atoms with van der Waals surface area (Å²) < 4.78 is 17.9. The van der Waals surface area contributed by atoms with Crippen molar-refractivity contribution in [2.45, 2.75) is 20.4 Å². The zero-order valence-electron chi connectivity index (χ0n) is 23.5. The maximum atomic E-state index is 13.4. The molecule has 7 aromatic rings. The van der Waals surface area contributed by atoms with Gasteiger partial charge in [-0.15, -0.1) is 0 Å². The number of pyridine rings is 1. The van der Waals surface area contributed by atoms with Crippen molar-refractivity contribution in [3.8, 4) is 34.3 Å². The quantitative estimate of drug-likeness (QED) is 0.223. The van der Waals surface area contributed by atoms with Gasteiger partial charge in [-0.25, -0.2) is 4.79 Å². The SMILES string of the molecule is Cc1nc(-c2cccc(Oc3ccc4c(C(=O)O)cc(=O)n(Cc5ccc6ccc(-c7noc(C)n7)cc6c5)c4c3)c2)no1. The van der Waals surface area contributed by atoms with E-state index in [-0.39, 0.29) is 12.1 Å². The van der Waals surface area contributed by atoms with Gasteiger partial charge in [0.05, 0.1) is 17.6 Å². The van der Waals surface area contributed by atoms with E-state index in [9.17, 15) is 14.7 Å². The highest BCUT2D eigenvalue weighted by Gasteiger charge is 2.16. The second-order valence-corrected chi connectivity index (χ2v) is 10.3. The summed E-state index contributed by atoms with van der Waals surface area (Å²) in [6.45, 7) is 3.65. The molecule has 0 spiro atoms. The van der Waals surface area contributed by atoms with E-state index in [0.717, 1.165) is 28.0 Å². The van der Waals surface area contributed by atoms with Gasteiger partial charge in [0.15, 0.2) is 0 Å². The Labute approximate surface area is 249 Å². The summed E-state index contributed by atoms with van der Waals surface area (Å²) >= 11 is 0. The van der Waals surface area contributed by atoms with Gasteiger partial charge in [0.25, 0.3) is 5.56 Å². The first kappa shape index (κ1) is 26.8. The van der Waals surface area contributed by atoms with Crippen LogP contribution in [0.3, 0.4) is 0 Å². The van der Waals surface area contributed by atoms with Crippen LogP contribution >= 0.6 is 0 Å². The number of ether oxygens (including phenoxy) is 1. The zero-order chi connectivity index (χ0) is 30.4. The summed E-state index contributed by atoms with van der Waals surface area (Å²) in [5.74, 6) is 1.59. The van der Waals surface area contributed by atoms with E-state index in [1.165, 1.54) is 0 Å². The first-order valence-corrected chi connectivity index (χ1v) is 13.6. The second kappa shape index (κ2) is 10.6. The molecule has 0 aliphatic carbocycles. The molecule has 0 radical (unpaired) electrons. The number of carboxylic acid groups (broad SMARTS) is 1. The van der Waals surface area contributed by atoms with Crippen LogP contribution in [0.4, 0.5) is 0 Å². The van der Waals surface area contributed by atoms with Crippen LogP contribution in [0.5, 0.6) is 11.5 Å². The molecule has 4 aromatic carbocycles. The van der Waals surface area contributed by atoms with Crippen molar-refractivity contribution in [3.05, 3.63) is 118 Å². The van der Waals surface area contributed by atoms with E-state index in [1.807, 2.05) is 42.5 Å². The van der Waals surface area contributed by atoms with Gasteiger partial charge in [-0.05, 0) is 52.7 Å². The summed E-state index contributed by atoms with van der Waals surface area (Å²) in [5.41, 5.74) is 2.26. The van der Waals surface area contributed by atoms with Gasteiger partial charge in [-0.3, -0.25) is 4.79 Å². The zero-order valence-corrected chi connectivity index (χ0v) is 23.5. The molecule has 3 aromatic heterocycles. The van der Waals surface area contributed by atoms with Crippen LogP contribution in [-0.4, -0.2) is 35.9 Å². The van der Waals surface area contributed by atoms with Crippen molar-refractivity contribution in [1.29, 1.82) is 0 Å². The molecule has 0 fully saturated rings. The number of benzene rings is 4. The lowest BCUT2D eigenvalue weighted by Gasteiger charge is -2.15. The number of rotatable bonds is 7. The lowest BCUT2D eigenvalue weighted by Crippen LogP contribution is -2.22. The third kappa shape index (κ3) is 5.07. The fraction of sp³-hybridized carbons (Fsp3) is 0.0909. The van der Waals surface area contributed by atoms with Crippen molar-refractivity contribution in [1.82, 2.24) is 24.8 Å². The number of aryl methyl sites for hydroxylation is 2. The van der Waals surface area contributed by atoms with Crippen LogP contribution in [-0.2, 0) is 6.54 Å². The molecular weight excluding hydrogens is 562 g/mol. The van der Waals surface area contributed by atoms with Crippen molar-refractivity contribution in [3.63, 3.8) is 0 Å². The number of carboxylic acids is 1. The molecule has 0 bridgehead atoms. The van der Waals surface area contributed by atoms with Crippen molar-refractivity contribution < 1.29 is 23.7 Å². The Balaban J connectivity index is 1.27. The molecule has 11 heteroatoms. The van der Waals surface area contributed by atoms with E-state index < -0.39 is 11.5 Å². The Bertz CT molecular complexity index is 2280. The summed E-state index contributed by atoms with van der Waals surface area (Å²) in [7, 11) is 0. The topological polar surface area (TPSA) is 146 Å². The predicted octanol–water partition coefficient (Wildman–Crippen LogP) is 6.41. The third-order valence-corrected chi connectivity index (χ3v) is 7.20. The number of fused-ring (bicyclic) bond motifs is 2. The Morgan fingerprint density at radius 1 is 0.795 bits per heavy atom. The van der Waals surface area contributed by atoms with Gasteiger partial charge in [0.2, 0.25) is 23.4 Å². The van der Waals surface area contributed by atoms with Crippen LogP contribution in [0.2, 0.25) is 0 Å². The van der Waals surface area contributed by atoms with E-state index in [2.05, 4.69) is 20.3 Å². The molecule has 0 atom stereocenters. The van der Waals surface area contributed by atoms with Crippen molar-refractivity contribution in [2.75, 3.05) is 0 Å². The van der Waals surface area contributed by atoms with Gasteiger partial charge >= 0.3 is 5.97 Å². The van der Waals surface area contributed by atoms with Crippen molar-refractivity contribution >= 4 is 27.6 Å². The molecular formula is C33H23N5O6. The second-order valence-electron chi connectivity index (χ2n) is 10.3. The van der Waals surface area contributed by atoms with Gasteiger partial charge < -0.3 is 23.5 Å². The molecule has 0 aliphatic rings. The Hall–Kier alpha value is -6.10. The highest BCUT2D eigenvalue weighted by molar-refractivity contribution is 6.02. The summed E-state index contributed by atoms with van der Waals surface area (Å²) in [5, 5.41) is 20.2. The number of hydrogen-bond acceptors (Lipinski definition) is 9. The predicted molar refractivity (Wildman–Crippen MR) is 161 cm³/mol. The number of hydrogen-bond donors (Lipinski definition) is 1. The minimum Gasteiger partial charge on any atom is -0.478 e. The maximum Gasteiger partial charge on any atom is 0.336 e. The highest BCUT2D eigenvalue weighted by Crippen LogP contribution is 2.30. The fourth-order valence-corrected chi connectivity index (χ4v) is 5.15. The first-order valence-electron chi connectivity index (χ1n) is 13.6. The van der Waals surface area contributed by atoms with Gasteiger partial charge in [0.1, 0.15) is 11.5 Å². The Morgan fingerprint density at radius 3 is 2.20 bits per heavy atom. The molecule has 0 amide bonds. The number of nitrogens with zero attached hydrogens (tertiary/aromatic N) is 5. The molecule has 216 valence electrons. The summed E-state index contributed by atoms with van der Waals surface area (Å²) in [6.07, 6.45) is 0. The summed E-state index contributed by atoms with van der Waals surface area (Å²) in [6, 6.07) is 25.1. The van der Waals surface area contributed by atoms with Crippen LogP contribution in [0.1, 0.15) is 27.7 Å². The minimum atomic E-state index is -1.19. The van der Waals surface area contributed by atoms with E-state index in [1.54, 1.807) is 54.8 Å². The smallest absolute Gasteiger partial charge is 0.336 e. The summed E-state index contributed by atoms with van der Waals surface area (Å²) in [4.78, 5) is 34.0. The molecule has 0 saturated carbocycles. The van der Waals surface area contributed by atoms with Crippen LogP contribution < -0.4 is 10.3 Å². The molecule has 3 heterocycles. The highest BCUT2D eigenvalue weighted by atomic mass is 16.5. The average molecular weight is 586 g/mol. The first-order chi connectivity index (χ1) is 21.3. The average Bonchev–Trinajstić information content (AvgIpc) is 3.66. The molecule has 0 saturated heterocycles. The molecule has 0 aliphatic heterocycles. The molecule has 44 heavy (non-hydrogen) atoms. The molecule has 11 nitrogen and oxygen atoms in total. The third-order valence-electron chi connectivity index (χ3n) is 7.20. The Morgan fingerprint density at radius 2 is 1.50 bits per heavy atom.